The minimum atomic E-state index is 0.181. The molecular formula is C14H19NO. The number of amides is 1. The first kappa shape index (κ1) is 11.2. The molecule has 2 heteroatoms. The largest absolute Gasteiger partial charge is 0.332 e. The van der Waals surface area contributed by atoms with Crippen LogP contribution in [0.2, 0.25) is 0 Å². The van der Waals surface area contributed by atoms with E-state index in [0.29, 0.717) is 5.92 Å². The molecule has 1 aliphatic rings. The van der Waals surface area contributed by atoms with Gasteiger partial charge in [0, 0.05) is 18.2 Å². The van der Waals surface area contributed by atoms with Crippen molar-refractivity contribution in [3.63, 3.8) is 0 Å². The van der Waals surface area contributed by atoms with Gasteiger partial charge in [0.15, 0.2) is 0 Å². The molecule has 1 aromatic carbocycles. The first-order chi connectivity index (χ1) is 7.50. The fraction of sp³-hybridized carbons (Fsp3) is 0.500. The summed E-state index contributed by atoms with van der Waals surface area (Å²) in [5, 5.41) is 0. The molecule has 0 saturated carbocycles. The summed E-state index contributed by atoms with van der Waals surface area (Å²) in [4.78, 5) is 14.0. The normalized spacial score (nSPS) is 15.1. The third-order valence-corrected chi connectivity index (χ3v) is 3.25. The Labute approximate surface area is 97.3 Å². The molecule has 0 radical (unpaired) electrons. The van der Waals surface area contributed by atoms with E-state index in [-0.39, 0.29) is 11.9 Å². The van der Waals surface area contributed by atoms with E-state index >= 15 is 0 Å². The monoisotopic (exact) mass is 217 g/mol. The van der Waals surface area contributed by atoms with E-state index in [1.54, 1.807) is 0 Å². The molecule has 1 heterocycles. The molecule has 0 fully saturated rings. The average Bonchev–Trinajstić information content (AvgIpc) is 2.55. The summed E-state index contributed by atoms with van der Waals surface area (Å²) in [6.45, 7) is 9.25. The third-order valence-electron chi connectivity index (χ3n) is 3.25. The smallest absolute Gasteiger partial charge is 0.254 e. The van der Waals surface area contributed by atoms with Crippen LogP contribution < -0.4 is 0 Å². The Bertz CT molecular complexity index is 421. The maximum absolute atomic E-state index is 12.0. The van der Waals surface area contributed by atoms with Crippen molar-refractivity contribution in [1.82, 2.24) is 4.90 Å². The SMILES string of the molecule is CC(C)c1ccc2c(c1)CN(C(C)C)C2=O. The molecule has 2 rings (SSSR count). The van der Waals surface area contributed by atoms with Crippen LogP contribution in [0.5, 0.6) is 0 Å². The minimum Gasteiger partial charge on any atom is -0.332 e. The van der Waals surface area contributed by atoms with E-state index in [4.69, 9.17) is 0 Å². The Morgan fingerprint density at radius 2 is 1.88 bits per heavy atom. The van der Waals surface area contributed by atoms with Crippen LogP contribution in [0.25, 0.3) is 0 Å². The Morgan fingerprint density at radius 3 is 2.44 bits per heavy atom. The first-order valence-electron chi connectivity index (χ1n) is 5.94. The van der Waals surface area contributed by atoms with E-state index in [2.05, 4.69) is 39.8 Å². The highest BCUT2D eigenvalue weighted by atomic mass is 16.2. The first-order valence-corrected chi connectivity index (χ1v) is 5.94. The van der Waals surface area contributed by atoms with E-state index < -0.39 is 0 Å². The number of carbonyl (C=O) groups is 1. The van der Waals surface area contributed by atoms with Crippen molar-refractivity contribution in [1.29, 1.82) is 0 Å². The van der Waals surface area contributed by atoms with Crippen molar-refractivity contribution in [2.45, 2.75) is 46.2 Å². The molecule has 0 aromatic heterocycles. The predicted molar refractivity (Wildman–Crippen MR) is 65.5 cm³/mol. The van der Waals surface area contributed by atoms with Crippen LogP contribution >= 0.6 is 0 Å². The molecule has 0 atom stereocenters. The Hall–Kier alpha value is -1.31. The molecular weight excluding hydrogens is 198 g/mol. The maximum atomic E-state index is 12.0. The third kappa shape index (κ3) is 1.73. The van der Waals surface area contributed by atoms with Gasteiger partial charge in [0.05, 0.1) is 0 Å². The molecule has 0 unspecified atom stereocenters. The Morgan fingerprint density at radius 1 is 1.19 bits per heavy atom. The van der Waals surface area contributed by atoms with Crippen LogP contribution in [0, 0.1) is 0 Å². The van der Waals surface area contributed by atoms with Crippen LogP contribution in [0.3, 0.4) is 0 Å². The summed E-state index contributed by atoms with van der Waals surface area (Å²) >= 11 is 0. The number of hydrogen-bond acceptors (Lipinski definition) is 1. The average molecular weight is 217 g/mol. The fourth-order valence-electron chi connectivity index (χ4n) is 2.14. The Balaban J connectivity index is 2.37. The summed E-state index contributed by atoms with van der Waals surface area (Å²) < 4.78 is 0. The Kier molecular flexibility index (Phi) is 2.75. The highest BCUT2D eigenvalue weighted by Gasteiger charge is 2.28. The van der Waals surface area contributed by atoms with Gasteiger partial charge in [-0.05, 0) is 37.0 Å². The number of fused-ring (bicyclic) bond motifs is 1. The summed E-state index contributed by atoms with van der Waals surface area (Å²) in [5.41, 5.74) is 3.39. The summed E-state index contributed by atoms with van der Waals surface area (Å²) in [6, 6.07) is 6.52. The zero-order valence-electron chi connectivity index (χ0n) is 10.4. The molecule has 0 N–H and O–H groups in total. The van der Waals surface area contributed by atoms with Gasteiger partial charge in [-0.25, -0.2) is 0 Å². The maximum Gasteiger partial charge on any atom is 0.254 e. The highest BCUT2D eigenvalue weighted by Crippen LogP contribution is 2.27. The number of nitrogens with zero attached hydrogens (tertiary/aromatic N) is 1. The molecule has 0 spiro atoms. The molecule has 1 amide bonds. The molecule has 2 nitrogen and oxygen atoms in total. The quantitative estimate of drug-likeness (QED) is 0.745. The highest BCUT2D eigenvalue weighted by molar-refractivity contribution is 5.98. The molecule has 86 valence electrons. The van der Waals surface area contributed by atoms with Crippen LogP contribution in [-0.4, -0.2) is 16.8 Å². The van der Waals surface area contributed by atoms with Crippen LogP contribution in [0.1, 0.15) is 55.1 Å². The van der Waals surface area contributed by atoms with Crippen LogP contribution in [0.15, 0.2) is 18.2 Å². The van der Waals surface area contributed by atoms with E-state index in [1.165, 1.54) is 11.1 Å². The number of hydrogen-bond donors (Lipinski definition) is 0. The summed E-state index contributed by atoms with van der Waals surface area (Å²) in [5.74, 6) is 0.703. The van der Waals surface area contributed by atoms with Crippen molar-refractivity contribution >= 4 is 5.91 Å². The summed E-state index contributed by atoms with van der Waals surface area (Å²) in [7, 11) is 0. The van der Waals surface area contributed by atoms with Gasteiger partial charge in [0.2, 0.25) is 0 Å². The molecule has 16 heavy (non-hydrogen) atoms. The van der Waals surface area contributed by atoms with E-state index in [1.807, 2.05) is 11.0 Å². The van der Waals surface area contributed by atoms with E-state index in [9.17, 15) is 4.79 Å². The van der Waals surface area contributed by atoms with E-state index in [0.717, 1.165) is 12.1 Å². The van der Waals surface area contributed by atoms with Crippen LogP contribution in [0.4, 0.5) is 0 Å². The lowest BCUT2D eigenvalue weighted by molar-refractivity contribution is 0.0730. The van der Waals surface area contributed by atoms with Crippen molar-refractivity contribution in [2.24, 2.45) is 0 Å². The van der Waals surface area contributed by atoms with Gasteiger partial charge in [-0.1, -0.05) is 26.0 Å². The van der Waals surface area contributed by atoms with Crippen molar-refractivity contribution in [2.75, 3.05) is 0 Å². The molecule has 0 saturated heterocycles. The zero-order chi connectivity index (χ0) is 11.9. The molecule has 1 aliphatic heterocycles. The van der Waals surface area contributed by atoms with Crippen LogP contribution in [-0.2, 0) is 6.54 Å². The lowest BCUT2D eigenvalue weighted by Crippen LogP contribution is -2.30. The molecule has 0 bridgehead atoms. The lowest BCUT2D eigenvalue weighted by atomic mass is 9.98. The predicted octanol–water partition coefficient (Wildman–Crippen LogP) is 3.17. The van der Waals surface area contributed by atoms with Gasteiger partial charge in [-0.2, -0.15) is 0 Å². The minimum absolute atomic E-state index is 0.181. The second-order valence-corrected chi connectivity index (χ2v) is 5.10. The molecule has 0 aliphatic carbocycles. The standard InChI is InChI=1S/C14H19NO/c1-9(2)11-5-6-13-12(7-11)8-15(10(3)4)14(13)16/h5-7,9-10H,8H2,1-4H3. The number of carbonyl (C=O) groups excluding carboxylic acids is 1. The number of rotatable bonds is 2. The van der Waals surface area contributed by atoms with Crippen molar-refractivity contribution < 1.29 is 4.79 Å². The van der Waals surface area contributed by atoms with Gasteiger partial charge in [-0.3, -0.25) is 4.79 Å². The van der Waals surface area contributed by atoms with Gasteiger partial charge in [0.1, 0.15) is 0 Å². The number of benzene rings is 1. The second kappa shape index (κ2) is 3.93. The van der Waals surface area contributed by atoms with Gasteiger partial charge < -0.3 is 4.90 Å². The fourth-order valence-corrected chi connectivity index (χ4v) is 2.14. The van der Waals surface area contributed by atoms with Gasteiger partial charge >= 0.3 is 0 Å². The van der Waals surface area contributed by atoms with Gasteiger partial charge in [-0.15, -0.1) is 0 Å². The zero-order valence-corrected chi connectivity index (χ0v) is 10.4. The molecule has 1 aromatic rings. The van der Waals surface area contributed by atoms with Crippen molar-refractivity contribution in [3.8, 4) is 0 Å². The summed E-state index contributed by atoms with van der Waals surface area (Å²) in [6.07, 6.45) is 0. The van der Waals surface area contributed by atoms with Crippen molar-refractivity contribution in [3.05, 3.63) is 34.9 Å². The second-order valence-electron chi connectivity index (χ2n) is 5.10. The topological polar surface area (TPSA) is 20.3 Å². The van der Waals surface area contributed by atoms with Gasteiger partial charge in [0.25, 0.3) is 5.91 Å². The lowest BCUT2D eigenvalue weighted by Gasteiger charge is -2.19.